The van der Waals surface area contributed by atoms with E-state index in [1.54, 1.807) is 0 Å². The van der Waals surface area contributed by atoms with Crippen LogP contribution >= 0.6 is 27.3 Å². The van der Waals surface area contributed by atoms with Gasteiger partial charge in [-0.1, -0.05) is 41.9 Å². The van der Waals surface area contributed by atoms with E-state index in [-0.39, 0.29) is 11.2 Å². The number of likely N-dealkylation sites (N-methyl/N-ethyl adjacent to an activating group) is 1. The molecule has 2 heterocycles. The lowest BCUT2D eigenvalue weighted by Gasteiger charge is -2.18. The first-order chi connectivity index (χ1) is 12.5. The predicted molar refractivity (Wildman–Crippen MR) is 112 cm³/mol. The number of thiophene rings is 1. The number of hydrogen-bond donors (Lipinski definition) is 1. The fourth-order valence-corrected chi connectivity index (χ4v) is 4.50. The zero-order valence-electron chi connectivity index (χ0n) is 15.1. The molecule has 0 aliphatic rings. The van der Waals surface area contributed by atoms with Gasteiger partial charge in [-0.15, -0.1) is 11.3 Å². The summed E-state index contributed by atoms with van der Waals surface area (Å²) in [4.78, 5) is 32.3. The molecule has 0 saturated heterocycles. The Morgan fingerprint density at radius 3 is 2.42 bits per heavy atom. The molecule has 138 valence electrons. The van der Waals surface area contributed by atoms with Gasteiger partial charge in [-0.3, -0.25) is 14.3 Å². The Morgan fingerprint density at radius 1 is 1.15 bits per heavy atom. The monoisotopic (exact) mass is 435 g/mol. The molecule has 0 amide bonds. The first kappa shape index (κ1) is 19.1. The molecule has 7 heteroatoms. The van der Waals surface area contributed by atoms with Crippen LogP contribution in [0.3, 0.4) is 0 Å². The van der Waals surface area contributed by atoms with Crippen LogP contribution in [0.15, 0.2) is 38.3 Å². The molecule has 5 nitrogen and oxygen atoms in total. The SMILES string of the molecule is CCN(CC)CCn1c(=O)[nH]c2sc(C)c(-c3ccc(Br)cc3)c2c1=O. The Morgan fingerprint density at radius 2 is 1.81 bits per heavy atom. The summed E-state index contributed by atoms with van der Waals surface area (Å²) in [6.07, 6.45) is 0. The molecule has 1 N–H and O–H groups in total. The number of rotatable bonds is 6. The van der Waals surface area contributed by atoms with Crippen LogP contribution < -0.4 is 11.2 Å². The zero-order valence-corrected chi connectivity index (χ0v) is 17.5. The number of aromatic nitrogens is 2. The van der Waals surface area contributed by atoms with Crippen molar-refractivity contribution in [3.05, 3.63) is 54.5 Å². The maximum Gasteiger partial charge on any atom is 0.329 e. The normalized spacial score (nSPS) is 11.6. The quantitative estimate of drug-likeness (QED) is 0.639. The third-order valence-corrected chi connectivity index (χ3v) is 6.23. The molecule has 2 aromatic heterocycles. The van der Waals surface area contributed by atoms with E-state index in [4.69, 9.17) is 0 Å². The zero-order chi connectivity index (χ0) is 18.8. The third kappa shape index (κ3) is 3.56. The van der Waals surface area contributed by atoms with Crippen LogP contribution in [-0.2, 0) is 6.54 Å². The lowest BCUT2D eigenvalue weighted by molar-refractivity contribution is 0.287. The number of aromatic amines is 1. The summed E-state index contributed by atoms with van der Waals surface area (Å²) in [6, 6.07) is 7.90. The molecule has 0 fully saturated rings. The van der Waals surface area contributed by atoms with Crippen molar-refractivity contribution in [2.24, 2.45) is 0 Å². The Bertz CT molecular complexity index is 1030. The second-order valence-corrected chi connectivity index (χ2v) is 8.30. The fraction of sp³-hybridized carbons (Fsp3) is 0.368. The van der Waals surface area contributed by atoms with Gasteiger partial charge in [0.1, 0.15) is 4.83 Å². The van der Waals surface area contributed by atoms with Crippen molar-refractivity contribution in [3.63, 3.8) is 0 Å². The smallest absolute Gasteiger partial charge is 0.302 e. The molecule has 26 heavy (non-hydrogen) atoms. The Labute approximate surface area is 164 Å². The van der Waals surface area contributed by atoms with Crippen molar-refractivity contribution >= 4 is 37.5 Å². The van der Waals surface area contributed by atoms with Crippen LogP contribution in [0, 0.1) is 6.92 Å². The second-order valence-electron chi connectivity index (χ2n) is 6.16. The molecule has 0 unspecified atom stereocenters. The number of halogens is 1. The highest BCUT2D eigenvalue weighted by molar-refractivity contribution is 9.10. The number of benzene rings is 1. The number of aryl methyl sites for hydroxylation is 1. The van der Waals surface area contributed by atoms with Crippen LogP contribution in [0.5, 0.6) is 0 Å². The highest BCUT2D eigenvalue weighted by atomic mass is 79.9. The summed E-state index contributed by atoms with van der Waals surface area (Å²) in [5.74, 6) is 0. The first-order valence-electron chi connectivity index (χ1n) is 8.70. The summed E-state index contributed by atoms with van der Waals surface area (Å²) in [7, 11) is 0. The summed E-state index contributed by atoms with van der Waals surface area (Å²) < 4.78 is 2.32. The van der Waals surface area contributed by atoms with E-state index < -0.39 is 0 Å². The van der Waals surface area contributed by atoms with E-state index >= 15 is 0 Å². The molecule has 0 bridgehead atoms. The molecule has 0 radical (unpaired) electrons. The lowest BCUT2D eigenvalue weighted by Crippen LogP contribution is -2.39. The van der Waals surface area contributed by atoms with Crippen molar-refractivity contribution in [3.8, 4) is 11.1 Å². The van der Waals surface area contributed by atoms with Crippen molar-refractivity contribution < 1.29 is 0 Å². The minimum atomic E-state index is -0.335. The molecule has 0 aliphatic carbocycles. The topological polar surface area (TPSA) is 58.1 Å². The van der Waals surface area contributed by atoms with Gasteiger partial charge in [-0.05, 0) is 37.7 Å². The highest BCUT2D eigenvalue weighted by Gasteiger charge is 2.18. The average Bonchev–Trinajstić information content (AvgIpc) is 2.94. The van der Waals surface area contributed by atoms with E-state index in [0.29, 0.717) is 23.3 Å². The van der Waals surface area contributed by atoms with E-state index in [1.165, 1.54) is 15.9 Å². The number of nitrogens with zero attached hydrogens (tertiary/aromatic N) is 2. The van der Waals surface area contributed by atoms with Crippen molar-refractivity contribution in [2.75, 3.05) is 19.6 Å². The van der Waals surface area contributed by atoms with Gasteiger partial charge < -0.3 is 4.90 Å². The third-order valence-electron chi connectivity index (χ3n) is 4.68. The standard InChI is InChI=1S/C19H22BrN3O2S/c1-4-22(5-2)10-11-23-18(24)16-15(13-6-8-14(20)9-7-13)12(3)26-17(16)21-19(23)25/h6-9H,4-5,10-11H2,1-3H3,(H,21,25). The number of H-pyrrole nitrogens is 1. The van der Waals surface area contributed by atoms with E-state index in [1.807, 2.05) is 31.2 Å². The van der Waals surface area contributed by atoms with Crippen LogP contribution in [0.1, 0.15) is 18.7 Å². The van der Waals surface area contributed by atoms with Gasteiger partial charge in [0.25, 0.3) is 5.56 Å². The molecule has 0 spiro atoms. The summed E-state index contributed by atoms with van der Waals surface area (Å²) in [5.41, 5.74) is 1.35. The van der Waals surface area contributed by atoms with Crippen LogP contribution in [0.2, 0.25) is 0 Å². The van der Waals surface area contributed by atoms with Gasteiger partial charge >= 0.3 is 5.69 Å². The maximum absolute atomic E-state index is 13.1. The molecule has 0 saturated carbocycles. The minimum Gasteiger partial charge on any atom is -0.302 e. The molecule has 0 atom stereocenters. The number of fused-ring (bicyclic) bond motifs is 1. The van der Waals surface area contributed by atoms with Crippen molar-refractivity contribution in [1.82, 2.24) is 14.5 Å². The van der Waals surface area contributed by atoms with E-state index in [0.717, 1.165) is 33.6 Å². The Kier molecular flexibility index (Phi) is 5.79. The molecule has 0 aliphatic heterocycles. The van der Waals surface area contributed by atoms with Gasteiger partial charge in [-0.2, -0.15) is 0 Å². The van der Waals surface area contributed by atoms with E-state index in [9.17, 15) is 9.59 Å². The van der Waals surface area contributed by atoms with Crippen LogP contribution in [0.4, 0.5) is 0 Å². The highest BCUT2D eigenvalue weighted by Crippen LogP contribution is 2.35. The number of hydrogen-bond acceptors (Lipinski definition) is 4. The van der Waals surface area contributed by atoms with Gasteiger partial charge in [0.05, 0.1) is 5.39 Å². The van der Waals surface area contributed by atoms with E-state index in [2.05, 4.69) is 39.7 Å². The van der Waals surface area contributed by atoms with Crippen LogP contribution in [-0.4, -0.2) is 34.1 Å². The van der Waals surface area contributed by atoms with Gasteiger partial charge in [0.2, 0.25) is 0 Å². The van der Waals surface area contributed by atoms with Crippen LogP contribution in [0.25, 0.3) is 21.3 Å². The molecular weight excluding hydrogens is 414 g/mol. The average molecular weight is 436 g/mol. The maximum atomic E-state index is 13.1. The summed E-state index contributed by atoms with van der Waals surface area (Å²) in [5, 5.41) is 0.606. The van der Waals surface area contributed by atoms with Gasteiger partial charge in [-0.25, -0.2) is 4.79 Å². The van der Waals surface area contributed by atoms with Gasteiger partial charge in [0.15, 0.2) is 0 Å². The Hall–Kier alpha value is -1.70. The predicted octanol–water partition coefficient (Wildman–Crippen LogP) is 3.83. The first-order valence-corrected chi connectivity index (χ1v) is 10.3. The Balaban J connectivity index is 2.15. The molecule has 3 rings (SSSR count). The minimum absolute atomic E-state index is 0.210. The molecule has 3 aromatic rings. The number of nitrogens with one attached hydrogen (secondary N) is 1. The van der Waals surface area contributed by atoms with Crippen molar-refractivity contribution in [2.45, 2.75) is 27.3 Å². The summed E-state index contributed by atoms with van der Waals surface area (Å²) >= 11 is 4.90. The van der Waals surface area contributed by atoms with Crippen molar-refractivity contribution in [1.29, 1.82) is 0 Å². The van der Waals surface area contributed by atoms with Gasteiger partial charge in [0, 0.05) is 28.0 Å². The molecular formula is C19H22BrN3O2S. The second kappa shape index (κ2) is 7.90. The molecule has 1 aromatic carbocycles. The lowest BCUT2D eigenvalue weighted by atomic mass is 10.0. The largest absolute Gasteiger partial charge is 0.329 e. The fourth-order valence-electron chi connectivity index (χ4n) is 3.18. The summed E-state index contributed by atoms with van der Waals surface area (Å²) in [6.45, 7) is 9.00.